The van der Waals surface area contributed by atoms with Gasteiger partial charge in [-0.1, -0.05) is 29.3 Å². The lowest BCUT2D eigenvalue weighted by Gasteiger charge is -2.08. The Kier molecular flexibility index (Phi) is 4.75. The van der Waals surface area contributed by atoms with Gasteiger partial charge in [0.25, 0.3) is 0 Å². The van der Waals surface area contributed by atoms with Gasteiger partial charge in [0.15, 0.2) is 5.82 Å². The predicted octanol–water partition coefficient (Wildman–Crippen LogP) is 4.54. The number of nitrogens with one attached hydrogen (secondary N) is 2. The molecule has 0 radical (unpaired) electrons. The second-order valence-electron chi connectivity index (χ2n) is 4.77. The van der Waals surface area contributed by atoms with Gasteiger partial charge in [0.05, 0.1) is 17.8 Å². The van der Waals surface area contributed by atoms with E-state index in [2.05, 4.69) is 31.9 Å². The molecule has 0 atom stereocenters. The number of nitriles is 1. The molecule has 0 aliphatic carbocycles. The van der Waals surface area contributed by atoms with Gasteiger partial charge in [0.1, 0.15) is 0 Å². The van der Waals surface area contributed by atoms with Crippen molar-refractivity contribution in [1.82, 2.24) is 15.2 Å². The summed E-state index contributed by atoms with van der Waals surface area (Å²) in [4.78, 5) is 4.31. The highest BCUT2D eigenvalue weighted by Crippen LogP contribution is 2.24. The molecule has 1 aromatic heterocycles. The van der Waals surface area contributed by atoms with E-state index in [1.54, 1.807) is 36.4 Å². The third-order valence-corrected chi connectivity index (χ3v) is 3.38. The lowest BCUT2D eigenvalue weighted by atomic mass is 10.2. The Balaban J connectivity index is 1.80. The fourth-order valence-corrected chi connectivity index (χ4v) is 2.51. The van der Waals surface area contributed by atoms with Crippen LogP contribution in [0.3, 0.4) is 0 Å². The highest BCUT2D eigenvalue weighted by molar-refractivity contribution is 6.35. The molecule has 0 saturated carbocycles. The molecule has 0 spiro atoms. The number of hydrogen-bond acceptors (Lipinski definition) is 6. The summed E-state index contributed by atoms with van der Waals surface area (Å²) in [6.07, 6.45) is 1.48. The zero-order valence-electron chi connectivity index (χ0n) is 12.2. The summed E-state index contributed by atoms with van der Waals surface area (Å²) in [6, 6.07) is 14.2. The van der Waals surface area contributed by atoms with E-state index in [1.165, 1.54) is 6.20 Å². The molecule has 6 nitrogen and oxygen atoms in total. The first-order valence-electron chi connectivity index (χ1n) is 6.82. The van der Waals surface area contributed by atoms with Crippen LogP contribution in [0.15, 0.2) is 48.7 Å². The number of anilines is 4. The largest absolute Gasteiger partial charge is 0.339 e. The summed E-state index contributed by atoms with van der Waals surface area (Å²) in [6.45, 7) is 0. The van der Waals surface area contributed by atoms with Crippen LogP contribution in [-0.2, 0) is 0 Å². The second-order valence-corrected chi connectivity index (χ2v) is 5.64. The van der Waals surface area contributed by atoms with Crippen molar-refractivity contribution in [3.8, 4) is 6.07 Å². The highest BCUT2D eigenvalue weighted by atomic mass is 35.5. The summed E-state index contributed by atoms with van der Waals surface area (Å²) in [5.74, 6) is 0.769. The van der Waals surface area contributed by atoms with Gasteiger partial charge in [0.2, 0.25) is 5.95 Å². The molecular weight excluding hydrogens is 347 g/mol. The number of nitrogens with zero attached hydrogens (tertiary/aromatic N) is 4. The van der Waals surface area contributed by atoms with Crippen LogP contribution in [0.25, 0.3) is 0 Å². The Hall–Kier alpha value is -2.88. The van der Waals surface area contributed by atoms with Crippen LogP contribution in [0.2, 0.25) is 10.0 Å². The third-order valence-electron chi connectivity index (χ3n) is 2.94. The van der Waals surface area contributed by atoms with Crippen molar-refractivity contribution >= 4 is 46.3 Å². The monoisotopic (exact) mass is 356 g/mol. The average molecular weight is 357 g/mol. The molecule has 118 valence electrons. The maximum atomic E-state index is 8.93. The van der Waals surface area contributed by atoms with Crippen LogP contribution < -0.4 is 10.6 Å². The van der Waals surface area contributed by atoms with Gasteiger partial charge in [-0.25, -0.2) is 0 Å². The Labute approximate surface area is 148 Å². The maximum absolute atomic E-state index is 8.93. The first-order chi connectivity index (χ1) is 11.6. The maximum Gasteiger partial charge on any atom is 0.249 e. The van der Waals surface area contributed by atoms with Crippen molar-refractivity contribution in [2.45, 2.75) is 0 Å². The van der Waals surface area contributed by atoms with E-state index in [0.29, 0.717) is 27.1 Å². The van der Waals surface area contributed by atoms with E-state index in [0.717, 1.165) is 5.69 Å². The van der Waals surface area contributed by atoms with E-state index in [1.807, 2.05) is 6.07 Å². The molecule has 0 unspecified atom stereocenters. The number of benzene rings is 2. The molecule has 3 rings (SSSR count). The lowest BCUT2D eigenvalue weighted by Crippen LogP contribution is -2.02. The standard InChI is InChI=1S/C16H10Cl2N6/c17-11-5-12(18)7-14(6-11)22-16-23-15(9-20-24-16)21-13-3-1-2-10(4-13)8-19/h1-7,9H,(H2,21,22,23,24). The fraction of sp³-hybridized carbons (Fsp3) is 0. The van der Waals surface area contributed by atoms with Crippen molar-refractivity contribution in [3.05, 3.63) is 64.3 Å². The molecule has 2 N–H and O–H groups in total. The van der Waals surface area contributed by atoms with Gasteiger partial charge >= 0.3 is 0 Å². The molecule has 0 saturated heterocycles. The molecule has 0 fully saturated rings. The Bertz CT molecular complexity index is 902. The van der Waals surface area contributed by atoms with Crippen molar-refractivity contribution in [1.29, 1.82) is 5.26 Å². The fourth-order valence-electron chi connectivity index (χ4n) is 1.99. The quantitative estimate of drug-likeness (QED) is 0.713. The van der Waals surface area contributed by atoms with Gasteiger partial charge in [-0.15, -0.1) is 5.10 Å². The van der Waals surface area contributed by atoms with Crippen LogP contribution in [0.4, 0.5) is 23.1 Å². The third kappa shape index (κ3) is 4.10. The molecule has 0 aliphatic rings. The van der Waals surface area contributed by atoms with Gasteiger partial charge < -0.3 is 10.6 Å². The van der Waals surface area contributed by atoms with E-state index < -0.39 is 0 Å². The molecule has 2 aromatic carbocycles. The molecular formula is C16H10Cl2N6. The SMILES string of the molecule is N#Cc1cccc(Nc2cnnc(Nc3cc(Cl)cc(Cl)c3)n2)c1. The summed E-state index contributed by atoms with van der Waals surface area (Å²) in [5, 5.41) is 23.8. The summed E-state index contributed by atoms with van der Waals surface area (Å²) >= 11 is 11.9. The van der Waals surface area contributed by atoms with Gasteiger partial charge in [-0.2, -0.15) is 15.3 Å². The molecule has 0 aliphatic heterocycles. The van der Waals surface area contributed by atoms with Crippen LogP contribution in [0, 0.1) is 11.3 Å². The summed E-state index contributed by atoms with van der Waals surface area (Å²) < 4.78 is 0. The van der Waals surface area contributed by atoms with E-state index in [9.17, 15) is 0 Å². The Morgan fingerprint density at radius 1 is 0.958 bits per heavy atom. The molecule has 1 heterocycles. The molecule has 8 heteroatoms. The summed E-state index contributed by atoms with van der Waals surface area (Å²) in [5.41, 5.74) is 1.93. The number of hydrogen-bond donors (Lipinski definition) is 2. The first kappa shape index (κ1) is 16.0. The van der Waals surface area contributed by atoms with Crippen molar-refractivity contribution in [2.24, 2.45) is 0 Å². The minimum Gasteiger partial charge on any atom is -0.339 e. The van der Waals surface area contributed by atoms with Crippen molar-refractivity contribution in [3.63, 3.8) is 0 Å². The number of rotatable bonds is 4. The van der Waals surface area contributed by atoms with E-state index in [-0.39, 0.29) is 5.95 Å². The van der Waals surface area contributed by atoms with Gasteiger partial charge in [-0.05, 0) is 36.4 Å². The van der Waals surface area contributed by atoms with Crippen molar-refractivity contribution in [2.75, 3.05) is 10.6 Å². The Morgan fingerprint density at radius 3 is 2.50 bits per heavy atom. The smallest absolute Gasteiger partial charge is 0.249 e. The molecule has 0 amide bonds. The average Bonchev–Trinajstić information content (AvgIpc) is 2.54. The minimum absolute atomic E-state index is 0.287. The van der Waals surface area contributed by atoms with Crippen molar-refractivity contribution < 1.29 is 0 Å². The minimum atomic E-state index is 0.287. The normalized spacial score (nSPS) is 10.0. The van der Waals surface area contributed by atoms with Crippen LogP contribution in [0.5, 0.6) is 0 Å². The van der Waals surface area contributed by atoms with Gasteiger partial charge in [0, 0.05) is 21.4 Å². The molecule has 0 bridgehead atoms. The highest BCUT2D eigenvalue weighted by Gasteiger charge is 2.04. The first-order valence-corrected chi connectivity index (χ1v) is 7.58. The van der Waals surface area contributed by atoms with Crippen LogP contribution in [-0.4, -0.2) is 15.2 Å². The zero-order chi connectivity index (χ0) is 16.9. The molecule has 24 heavy (non-hydrogen) atoms. The topological polar surface area (TPSA) is 86.5 Å². The van der Waals surface area contributed by atoms with Crippen LogP contribution >= 0.6 is 23.2 Å². The molecule has 3 aromatic rings. The lowest BCUT2D eigenvalue weighted by molar-refractivity contribution is 0.982. The predicted molar refractivity (Wildman–Crippen MR) is 94.0 cm³/mol. The van der Waals surface area contributed by atoms with Crippen LogP contribution in [0.1, 0.15) is 5.56 Å². The second kappa shape index (κ2) is 7.13. The zero-order valence-corrected chi connectivity index (χ0v) is 13.7. The Morgan fingerprint density at radius 2 is 1.75 bits per heavy atom. The van der Waals surface area contributed by atoms with E-state index in [4.69, 9.17) is 28.5 Å². The summed E-state index contributed by atoms with van der Waals surface area (Å²) in [7, 11) is 0. The number of halogens is 2. The van der Waals surface area contributed by atoms with E-state index >= 15 is 0 Å². The van der Waals surface area contributed by atoms with Gasteiger partial charge in [-0.3, -0.25) is 0 Å². The number of aromatic nitrogens is 3.